The number of likely N-dealkylation sites (N-methyl/N-ethyl adjacent to an activating group) is 1. The Labute approximate surface area is 124 Å². The Balaban J connectivity index is 2.02. The zero-order valence-corrected chi connectivity index (χ0v) is 12.8. The highest BCUT2D eigenvalue weighted by atomic mass is 16.6. The molecule has 1 fully saturated rings. The van der Waals surface area contributed by atoms with Crippen LogP contribution in [0.3, 0.4) is 0 Å². The van der Waals surface area contributed by atoms with Gasteiger partial charge in [0.15, 0.2) is 0 Å². The summed E-state index contributed by atoms with van der Waals surface area (Å²) < 4.78 is 0. The van der Waals surface area contributed by atoms with Crippen LogP contribution in [0, 0.1) is 10.1 Å². The molecule has 0 aromatic carbocycles. The van der Waals surface area contributed by atoms with Crippen LogP contribution in [0.2, 0.25) is 0 Å². The van der Waals surface area contributed by atoms with Crippen molar-refractivity contribution in [3.63, 3.8) is 0 Å². The molecular formula is C14H23N5O2. The molecular weight excluding hydrogens is 270 g/mol. The lowest BCUT2D eigenvalue weighted by molar-refractivity contribution is -0.384. The van der Waals surface area contributed by atoms with Gasteiger partial charge in [-0.3, -0.25) is 15.0 Å². The highest BCUT2D eigenvalue weighted by Gasteiger charge is 2.28. The fourth-order valence-corrected chi connectivity index (χ4v) is 2.22. The smallest absolute Gasteiger partial charge is 0.276 e. The SMILES string of the molecule is CCNc1cc([N+](=O)[O-])cc(NCC(C)N(C)C2CC2)n1. The molecule has 7 nitrogen and oxygen atoms in total. The van der Waals surface area contributed by atoms with Gasteiger partial charge in [0.05, 0.1) is 17.1 Å². The average Bonchev–Trinajstić information content (AvgIpc) is 3.28. The molecule has 0 aliphatic heterocycles. The molecule has 1 unspecified atom stereocenters. The first-order valence-corrected chi connectivity index (χ1v) is 7.37. The van der Waals surface area contributed by atoms with Gasteiger partial charge in [-0.1, -0.05) is 0 Å². The number of pyridine rings is 1. The van der Waals surface area contributed by atoms with Crippen LogP contribution in [-0.4, -0.2) is 47.0 Å². The summed E-state index contributed by atoms with van der Waals surface area (Å²) in [4.78, 5) is 17.3. The maximum atomic E-state index is 11.0. The molecule has 2 N–H and O–H groups in total. The van der Waals surface area contributed by atoms with E-state index in [2.05, 4.69) is 34.5 Å². The van der Waals surface area contributed by atoms with Crippen LogP contribution in [0.4, 0.5) is 17.3 Å². The molecule has 1 aliphatic rings. The summed E-state index contributed by atoms with van der Waals surface area (Å²) in [6.07, 6.45) is 2.53. The predicted octanol–water partition coefficient (Wildman–Crippen LogP) is 2.32. The minimum Gasteiger partial charge on any atom is -0.370 e. The Morgan fingerprint density at radius 3 is 2.57 bits per heavy atom. The number of hydrogen-bond donors (Lipinski definition) is 2. The number of nitrogens with one attached hydrogen (secondary N) is 2. The monoisotopic (exact) mass is 293 g/mol. The van der Waals surface area contributed by atoms with Crippen LogP contribution >= 0.6 is 0 Å². The molecule has 21 heavy (non-hydrogen) atoms. The van der Waals surface area contributed by atoms with Crippen LogP contribution < -0.4 is 10.6 Å². The largest absolute Gasteiger partial charge is 0.370 e. The standard InChI is InChI=1S/C14H23N5O2/c1-4-15-13-7-12(19(20)21)8-14(17-13)16-9-10(2)18(3)11-5-6-11/h7-8,10-11H,4-6,9H2,1-3H3,(H2,15,16,17). The maximum absolute atomic E-state index is 11.0. The molecule has 0 bridgehead atoms. The average molecular weight is 293 g/mol. The topological polar surface area (TPSA) is 83.3 Å². The third-order valence-corrected chi connectivity index (χ3v) is 3.78. The quantitative estimate of drug-likeness (QED) is 0.565. The lowest BCUT2D eigenvalue weighted by atomic mass is 10.3. The van der Waals surface area contributed by atoms with E-state index in [1.54, 1.807) is 0 Å². The van der Waals surface area contributed by atoms with Gasteiger partial charge in [-0.25, -0.2) is 4.98 Å². The fraction of sp³-hybridized carbons (Fsp3) is 0.643. The van der Waals surface area contributed by atoms with Crippen LogP contribution in [0.15, 0.2) is 12.1 Å². The molecule has 1 aromatic rings. The summed E-state index contributed by atoms with van der Waals surface area (Å²) >= 11 is 0. The highest BCUT2D eigenvalue weighted by molar-refractivity contribution is 5.54. The normalized spacial score (nSPS) is 15.8. The van der Waals surface area contributed by atoms with E-state index in [9.17, 15) is 10.1 Å². The minimum atomic E-state index is -0.395. The minimum absolute atomic E-state index is 0.0478. The van der Waals surface area contributed by atoms with Crippen molar-refractivity contribution in [2.24, 2.45) is 0 Å². The summed E-state index contributed by atoms with van der Waals surface area (Å²) in [5.74, 6) is 1.06. The molecule has 0 amide bonds. The Morgan fingerprint density at radius 1 is 1.43 bits per heavy atom. The molecule has 0 saturated heterocycles. The first kappa shape index (κ1) is 15.5. The van der Waals surface area contributed by atoms with E-state index in [4.69, 9.17) is 0 Å². The summed E-state index contributed by atoms with van der Waals surface area (Å²) in [5, 5.41) is 17.2. The van der Waals surface area contributed by atoms with Crippen molar-refractivity contribution >= 4 is 17.3 Å². The molecule has 1 saturated carbocycles. The van der Waals surface area contributed by atoms with E-state index >= 15 is 0 Å². The van der Waals surface area contributed by atoms with Gasteiger partial charge in [-0.05, 0) is 33.7 Å². The predicted molar refractivity (Wildman–Crippen MR) is 83.8 cm³/mol. The van der Waals surface area contributed by atoms with Crippen molar-refractivity contribution in [1.82, 2.24) is 9.88 Å². The van der Waals surface area contributed by atoms with Gasteiger partial charge in [-0.15, -0.1) is 0 Å². The summed E-state index contributed by atoms with van der Waals surface area (Å²) in [7, 11) is 2.12. The third kappa shape index (κ3) is 4.29. The second kappa shape index (κ2) is 6.71. The van der Waals surface area contributed by atoms with E-state index in [0.717, 1.165) is 0 Å². The van der Waals surface area contributed by atoms with Crippen LogP contribution in [0.1, 0.15) is 26.7 Å². The first-order valence-electron chi connectivity index (χ1n) is 7.37. The van der Waals surface area contributed by atoms with E-state index in [1.807, 2.05) is 6.92 Å². The zero-order valence-electron chi connectivity index (χ0n) is 12.8. The van der Waals surface area contributed by atoms with Crippen molar-refractivity contribution in [3.8, 4) is 0 Å². The summed E-state index contributed by atoms with van der Waals surface area (Å²) in [6, 6.07) is 3.98. The second-order valence-electron chi connectivity index (χ2n) is 5.51. The van der Waals surface area contributed by atoms with Crippen LogP contribution in [0.5, 0.6) is 0 Å². The van der Waals surface area contributed by atoms with Crippen molar-refractivity contribution in [3.05, 3.63) is 22.2 Å². The molecule has 1 aromatic heterocycles. The van der Waals surface area contributed by atoms with Gasteiger partial charge in [0.1, 0.15) is 11.6 Å². The van der Waals surface area contributed by atoms with Crippen molar-refractivity contribution in [1.29, 1.82) is 0 Å². The van der Waals surface area contributed by atoms with Gasteiger partial charge >= 0.3 is 0 Å². The summed E-state index contributed by atoms with van der Waals surface area (Å²) in [5.41, 5.74) is 0.0478. The molecule has 0 radical (unpaired) electrons. The number of aromatic nitrogens is 1. The Morgan fingerprint density at radius 2 is 2.05 bits per heavy atom. The highest BCUT2D eigenvalue weighted by Crippen LogP contribution is 2.27. The number of hydrogen-bond acceptors (Lipinski definition) is 6. The van der Waals surface area contributed by atoms with Gasteiger partial charge in [-0.2, -0.15) is 0 Å². The second-order valence-corrected chi connectivity index (χ2v) is 5.51. The van der Waals surface area contributed by atoms with Crippen molar-refractivity contribution < 1.29 is 4.92 Å². The first-order chi connectivity index (χ1) is 10.0. The Kier molecular flexibility index (Phi) is 4.95. The van der Waals surface area contributed by atoms with Crippen LogP contribution in [0.25, 0.3) is 0 Å². The summed E-state index contributed by atoms with van der Waals surface area (Å²) in [6.45, 7) is 5.47. The molecule has 1 atom stereocenters. The molecule has 0 spiro atoms. The Bertz CT molecular complexity index is 504. The van der Waals surface area contributed by atoms with Gasteiger partial charge in [0.25, 0.3) is 5.69 Å². The van der Waals surface area contributed by atoms with Crippen LogP contribution in [-0.2, 0) is 0 Å². The van der Waals surface area contributed by atoms with Crippen molar-refractivity contribution in [2.45, 2.75) is 38.8 Å². The van der Waals surface area contributed by atoms with Crippen molar-refractivity contribution in [2.75, 3.05) is 30.8 Å². The molecule has 1 heterocycles. The van der Waals surface area contributed by atoms with E-state index in [0.29, 0.717) is 36.8 Å². The number of rotatable bonds is 8. The molecule has 2 rings (SSSR count). The molecule has 1 aliphatic carbocycles. The van der Waals surface area contributed by atoms with E-state index in [1.165, 1.54) is 25.0 Å². The van der Waals surface area contributed by atoms with Gasteiger partial charge in [0.2, 0.25) is 0 Å². The fourth-order valence-electron chi connectivity index (χ4n) is 2.22. The van der Waals surface area contributed by atoms with E-state index in [-0.39, 0.29) is 5.69 Å². The lowest BCUT2D eigenvalue weighted by Crippen LogP contribution is -2.36. The lowest BCUT2D eigenvalue weighted by Gasteiger charge is -2.24. The third-order valence-electron chi connectivity index (χ3n) is 3.78. The maximum Gasteiger partial charge on any atom is 0.276 e. The van der Waals surface area contributed by atoms with E-state index < -0.39 is 4.92 Å². The number of anilines is 2. The molecule has 116 valence electrons. The Hall–Kier alpha value is -1.89. The van der Waals surface area contributed by atoms with Gasteiger partial charge < -0.3 is 10.6 Å². The molecule has 7 heteroatoms. The zero-order chi connectivity index (χ0) is 15.4. The van der Waals surface area contributed by atoms with Gasteiger partial charge in [0, 0.05) is 25.2 Å². The number of nitro groups is 1. The number of nitrogens with zero attached hydrogens (tertiary/aromatic N) is 3.